The summed E-state index contributed by atoms with van der Waals surface area (Å²) in [6, 6.07) is 6.08. The normalized spacial score (nSPS) is 14.2. The molecule has 0 spiro atoms. The van der Waals surface area contributed by atoms with Gasteiger partial charge in [-0.25, -0.2) is 14.5 Å². The van der Waals surface area contributed by atoms with Crippen molar-refractivity contribution in [1.82, 2.24) is 14.8 Å². The Labute approximate surface area is 112 Å². The van der Waals surface area contributed by atoms with Crippen molar-refractivity contribution in [2.24, 2.45) is 0 Å². The van der Waals surface area contributed by atoms with Gasteiger partial charge in [0.2, 0.25) is 0 Å². The minimum atomic E-state index is -1.25. The van der Waals surface area contributed by atoms with Gasteiger partial charge >= 0.3 is 5.97 Å². The molecule has 1 saturated carbocycles. The molecule has 20 heavy (non-hydrogen) atoms. The van der Waals surface area contributed by atoms with Gasteiger partial charge in [0.25, 0.3) is 11.5 Å². The van der Waals surface area contributed by atoms with Crippen molar-refractivity contribution in [3.8, 4) is 5.69 Å². The average Bonchev–Trinajstić information content (AvgIpc) is 3.17. The highest BCUT2D eigenvalue weighted by Gasteiger charge is 2.33. The molecule has 1 heterocycles. The number of carboxylic acid groups (broad SMARTS) is 1. The fraction of sp³-hybridized carbons (Fsp3) is 0.250. The molecule has 1 fully saturated rings. The van der Waals surface area contributed by atoms with Crippen LogP contribution in [0.2, 0.25) is 0 Å². The lowest BCUT2D eigenvalue weighted by Gasteiger charge is -2.05. The number of hydrogen-bond donors (Lipinski definition) is 1. The van der Waals surface area contributed by atoms with Crippen LogP contribution in [0.15, 0.2) is 24.3 Å². The molecule has 2 aromatic rings. The summed E-state index contributed by atoms with van der Waals surface area (Å²) in [5, 5.41) is 23.9. The first-order valence-electron chi connectivity index (χ1n) is 6.02. The lowest BCUT2D eigenvalue weighted by atomic mass is 10.2. The van der Waals surface area contributed by atoms with Crippen LogP contribution < -0.4 is 0 Å². The van der Waals surface area contributed by atoms with Gasteiger partial charge in [0.05, 0.1) is 4.92 Å². The molecule has 0 bridgehead atoms. The van der Waals surface area contributed by atoms with E-state index in [-0.39, 0.29) is 23.1 Å². The zero-order valence-electron chi connectivity index (χ0n) is 10.3. The maximum absolute atomic E-state index is 11.1. The molecule has 1 aliphatic carbocycles. The maximum Gasteiger partial charge on any atom is 0.375 e. The van der Waals surface area contributed by atoms with Gasteiger partial charge in [0.15, 0.2) is 0 Å². The standard InChI is InChI=1S/C12H10N4O4/c17-12(18)10-13-11(7-5-6-7)15(14-10)8-3-1-2-4-9(8)16(19)20/h1-4,7H,5-6H2,(H,17,18). The predicted molar refractivity (Wildman–Crippen MR) is 66.9 cm³/mol. The van der Waals surface area contributed by atoms with Crippen LogP contribution in [0.1, 0.15) is 35.2 Å². The van der Waals surface area contributed by atoms with Gasteiger partial charge in [-0.2, -0.15) is 0 Å². The number of para-hydroxylation sites is 2. The Hall–Kier alpha value is -2.77. The van der Waals surface area contributed by atoms with E-state index in [1.807, 2.05) is 0 Å². The molecule has 1 aromatic heterocycles. The number of carbonyl (C=O) groups is 1. The Morgan fingerprint density at radius 2 is 2.10 bits per heavy atom. The van der Waals surface area contributed by atoms with E-state index in [4.69, 9.17) is 5.11 Å². The van der Waals surface area contributed by atoms with Crippen LogP contribution in [-0.4, -0.2) is 30.8 Å². The molecule has 0 amide bonds. The van der Waals surface area contributed by atoms with Gasteiger partial charge in [-0.1, -0.05) is 12.1 Å². The molecule has 3 rings (SSSR count). The van der Waals surface area contributed by atoms with Crippen LogP contribution in [0.3, 0.4) is 0 Å². The summed E-state index contributed by atoms with van der Waals surface area (Å²) in [6.07, 6.45) is 1.77. The summed E-state index contributed by atoms with van der Waals surface area (Å²) in [5.41, 5.74) is 0.107. The van der Waals surface area contributed by atoms with Crippen LogP contribution in [0.5, 0.6) is 0 Å². The Bertz CT molecular complexity index is 705. The summed E-state index contributed by atoms with van der Waals surface area (Å²) in [4.78, 5) is 25.5. The molecular weight excluding hydrogens is 264 g/mol. The van der Waals surface area contributed by atoms with E-state index >= 15 is 0 Å². The third kappa shape index (κ3) is 2.00. The summed E-state index contributed by atoms with van der Waals surface area (Å²) >= 11 is 0. The van der Waals surface area contributed by atoms with Crippen molar-refractivity contribution in [3.63, 3.8) is 0 Å². The molecule has 0 aliphatic heterocycles. The number of nitrogens with zero attached hydrogens (tertiary/aromatic N) is 4. The van der Waals surface area contributed by atoms with E-state index in [1.54, 1.807) is 12.1 Å². The third-order valence-electron chi connectivity index (χ3n) is 3.07. The Balaban J connectivity index is 2.18. The van der Waals surface area contributed by atoms with E-state index in [0.29, 0.717) is 5.82 Å². The zero-order chi connectivity index (χ0) is 14.3. The Morgan fingerprint density at radius 1 is 1.40 bits per heavy atom. The highest BCUT2D eigenvalue weighted by atomic mass is 16.6. The molecule has 0 unspecified atom stereocenters. The van der Waals surface area contributed by atoms with Gasteiger partial charge in [-0.05, 0) is 18.9 Å². The molecule has 0 atom stereocenters. The second-order valence-corrected chi connectivity index (χ2v) is 4.53. The topological polar surface area (TPSA) is 111 Å². The molecule has 0 radical (unpaired) electrons. The fourth-order valence-electron chi connectivity index (χ4n) is 2.00. The zero-order valence-corrected chi connectivity index (χ0v) is 10.3. The minimum absolute atomic E-state index is 0.121. The van der Waals surface area contributed by atoms with E-state index in [1.165, 1.54) is 16.8 Å². The number of benzene rings is 1. The second-order valence-electron chi connectivity index (χ2n) is 4.53. The van der Waals surface area contributed by atoms with Crippen molar-refractivity contribution in [2.75, 3.05) is 0 Å². The van der Waals surface area contributed by atoms with Crippen molar-refractivity contribution in [1.29, 1.82) is 0 Å². The highest BCUT2D eigenvalue weighted by Crippen LogP contribution is 2.40. The van der Waals surface area contributed by atoms with Gasteiger partial charge in [0.1, 0.15) is 11.5 Å². The van der Waals surface area contributed by atoms with E-state index in [0.717, 1.165) is 12.8 Å². The number of hydrogen-bond acceptors (Lipinski definition) is 5. The number of aromatic nitrogens is 3. The Kier molecular flexibility index (Phi) is 2.70. The number of aromatic carboxylic acids is 1. The van der Waals surface area contributed by atoms with E-state index in [9.17, 15) is 14.9 Å². The average molecular weight is 274 g/mol. The summed E-state index contributed by atoms with van der Waals surface area (Å²) in [6.45, 7) is 0. The molecule has 8 heteroatoms. The summed E-state index contributed by atoms with van der Waals surface area (Å²) < 4.78 is 1.28. The number of rotatable bonds is 4. The van der Waals surface area contributed by atoms with Gasteiger partial charge in [-0.3, -0.25) is 10.1 Å². The van der Waals surface area contributed by atoms with Crippen molar-refractivity contribution < 1.29 is 14.8 Å². The molecule has 0 saturated heterocycles. The van der Waals surface area contributed by atoms with Crippen LogP contribution in [0.4, 0.5) is 5.69 Å². The largest absolute Gasteiger partial charge is 0.475 e. The van der Waals surface area contributed by atoms with E-state index in [2.05, 4.69) is 10.1 Å². The quantitative estimate of drug-likeness (QED) is 0.671. The lowest BCUT2D eigenvalue weighted by Crippen LogP contribution is -2.06. The lowest BCUT2D eigenvalue weighted by molar-refractivity contribution is -0.384. The number of carboxylic acids is 1. The molecule has 1 N–H and O–H groups in total. The first-order valence-corrected chi connectivity index (χ1v) is 6.02. The third-order valence-corrected chi connectivity index (χ3v) is 3.07. The maximum atomic E-state index is 11.1. The SMILES string of the molecule is O=C(O)c1nc(C2CC2)n(-c2ccccc2[N+](=O)[O-])n1. The van der Waals surface area contributed by atoms with Crippen LogP contribution in [-0.2, 0) is 0 Å². The monoisotopic (exact) mass is 274 g/mol. The summed E-state index contributed by atoms with van der Waals surface area (Å²) in [5.74, 6) is -0.999. The summed E-state index contributed by atoms with van der Waals surface area (Å²) in [7, 11) is 0. The highest BCUT2D eigenvalue weighted by molar-refractivity contribution is 5.83. The first-order chi connectivity index (χ1) is 9.58. The fourth-order valence-corrected chi connectivity index (χ4v) is 2.00. The number of nitro groups is 1. The van der Waals surface area contributed by atoms with Gasteiger partial charge in [-0.15, -0.1) is 5.10 Å². The first kappa shape index (κ1) is 12.3. The molecule has 8 nitrogen and oxygen atoms in total. The molecule has 1 aromatic carbocycles. The van der Waals surface area contributed by atoms with E-state index < -0.39 is 10.9 Å². The Morgan fingerprint density at radius 3 is 2.70 bits per heavy atom. The van der Waals surface area contributed by atoms with Crippen molar-refractivity contribution >= 4 is 11.7 Å². The van der Waals surface area contributed by atoms with Gasteiger partial charge < -0.3 is 5.11 Å². The molecule has 1 aliphatic rings. The predicted octanol–water partition coefficient (Wildman–Crippen LogP) is 1.75. The van der Waals surface area contributed by atoms with Crippen LogP contribution >= 0.6 is 0 Å². The van der Waals surface area contributed by atoms with Crippen molar-refractivity contribution in [3.05, 3.63) is 46.0 Å². The smallest absolute Gasteiger partial charge is 0.375 e. The second kappa shape index (κ2) is 4.41. The molecular formula is C12H10N4O4. The minimum Gasteiger partial charge on any atom is -0.475 e. The molecule has 102 valence electrons. The van der Waals surface area contributed by atoms with Crippen LogP contribution in [0.25, 0.3) is 5.69 Å². The van der Waals surface area contributed by atoms with Crippen molar-refractivity contribution in [2.45, 2.75) is 18.8 Å². The van der Waals surface area contributed by atoms with Crippen LogP contribution in [0, 0.1) is 10.1 Å². The number of nitro benzene ring substituents is 1. The van der Waals surface area contributed by atoms with Gasteiger partial charge in [0, 0.05) is 12.0 Å².